The van der Waals surface area contributed by atoms with Crippen molar-refractivity contribution in [1.82, 2.24) is 13.6 Å². The van der Waals surface area contributed by atoms with E-state index in [2.05, 4.69) is 11.1 Å². The van der Waals surface area contributed by atoms with E-state index in [0.717, 1.165) is 0 Å². The molecule has 3 heterocycles. The summed E-state index contributed by atoms with van der Waals surface area (Å²) in [5, 5.41) is 9.16. The van der Waals surface area contributed by atoms with Crippen LogP contribution in [0.4, 0.5) is 5.82 Å². The number of ether oxygens (including phenoxy) is 1. The molecule has 0 spiro atoms. The van der Waals surface area contributed by atoms with Crippen molar-refractivity contribution in [3.8, 4) is 6.07 Å². The molecule has 9 heteroatoms. The molecule has 23 heavy (non-hydrogen) atoms. The van der Waals surface area contributed by atoms with Crippen molar-refractivity contribution in [2.75, 3.05) is 57.4 Å². The Labute approximate surface area is 136 Å². The zero-order chi connectivity index (χ0) is 16.3. The predicted molar refractivity (Wildman–Crippen MR) is 84.0 cm³/mol. The van der Waals surface area contributed by atoms with E-state index in [1.807, 2.05) is 4.90 Å². The molecule has 1 aromatic rings. The maximum absolute atomic E-state index is 12.6. The van der Waals surface area contributed by atoms with Gasteiger partial charge in [-0.3, -0.25) is 0 Å². The van der Waals surface area contributed by atoms with E-state index in [1.165, 1.54) is 8.61 Å². The minimum absolute atomic E-state index is 0.390. The Morgan fingerprint density at radius 1 is 1.09 bits per heavy atom. The van der Waals surface area contributed by atoms with Crippen molar-refractivity contribution in [3.63, 3.8) is 0 Å². The molecule has 2 saturated heterocycles. The number of aromatic nitrogens is 1. The minimum Gasteiger partial charge on any atom is -0.379 e. The highest BCUT2D eigenvalue weighted by Crippen LogP contribution is 2.20. The molecule has 2 aliphatic heterocycles. The van der Waals surface area contributed by atoms with Gasteiger partial charge in [0.15, 0.2) is 0 Å². The fourth-order valence-electron chi connectivity index (χ4n) is 2.81. The van der Waals surface area contributed by atoms with Crippen LogP contribution in [0.5, 0.6) is 0 Å². The molecule has 0 N–H and O–H groups in total. The number of piperazine rings is 1. The lowest BCUT2D eigenvalue weighted by molar-refractivity contribution is 0.0700. The van der Waals surface area contributed by atoms with Gasteiger partial charge >= 0.3 is 0 Å². The molecule has 2 fully saturated rings. The SMILES string of the molecule is N#Cc1cccnc1N1CCN(S(=O)(=O)N2CCOCC2)CC1. The predicted octanol–water partition coefficient (Wildman–Crippen LogP) is -0.348. The highest BCUT2D eigenvalue weighted by molar-refractivity contribution is 7.86. The summed E-state index contributed by atoms with van der Waals surface area (Å²) in [7, 11) is -3.43. The van der Waals surface area contributed by atoms with Crippen LogP contribution in [0.2, 0.25) is 0 Å². The third-order valence-corrected chi connectivity index (χ3v) is 6.10. The van der Waals surface area contributed by atoms with Crippen LogP contribution >= 0.6 is 0 Å². The van der Waals surface area contributed by atoms with Crippen molar-refractivity contribution in [2.24, 2.45) is 0 Å². The lowest BCUT2D eigenvalue weighted by Crippen LogP contribution is -2.55. The molecule has 0 aliphatic carbocycles. The van der Waals surface area contributed by atoms with Crippen LogP contribution in [0.1, 0.15) is 5.56 Å². The summed E-state index contributed by atoms with van der Waals surface area (Å²) in [6.07, 6.45) is 1.65. The van der Waals surface area contributed by atoms with Crippen molar-refractivity contribution in [2.45, 2.75) is 0 Å². The second-order valence-corrected chi connectivity index (χ2v) is 7.32. The minimum atomic E-state index is -3.43. The molecule has 0 aromatic carbocycles. The van der Waals surface area contributed by atoms with E-state index >= 15 is 0 Å². The average Bonchev–Trinajstić information content (AvgIpc) is 2.62. The fraction of sp³-hybridized carbons (Fsp3) is 0.571. The molecular formula is C14H19N5O3S. The van der Waals surface area contributed by atoms with Crippen LogP contribution in [-0.4, -0.2) is 74.5 Å². The second kappa shape index (κ2) is 6.80. The Kier molecular flexibility index (Phi) is 4.77. The van der Waals surface area contributed by atoms with Crippen LogP contribution in [-0.2, 0) is 14.9 Å². The third-order valence-electron chi connectivity index (χ3n) is 4.07. The summed E-state index contributed by atoms with van der Waals surface area (Å²) in [6, 6.07) is 5.57. The smallest absolute Gasteiger partial charge is 0.282 e. The van der Waals surface area contributed by atoms with Gasteiger partial charge in [0.05, 0.1) is 18.8 Å². The quantitative estimate of drug-likeness (QED) is 0.749. The maximum atomic E-state index is 12.6. The summed E-state index contributed by atoms with van der Waals surface area (Å²) in [4.78, 5) is 6.22. The van der Waals surface area contributed by atoms with E-state index in [9.17, 15) is 8.42 Å². The van der Waals surface area contributed by atoms with E-state index in [-0.39, 0.29) is 0 Å². The molecule has 0 radical (unpaired) electrons. The first kappa shape index (κ1) is 16.1. The fourth-order valence-corrected chi connectivity index (χ4v) is 4.37. The Bertz CT molecular complexity index is 689. The molecule has 0 bridgehead atoms. The highest BCUT2D eigenvalue weighted by atomic mass is 32.2. The number of nitriles is 1. The Morgan fingerprint density at radius 2 is 1.74 bits per heavy atom. The summed E-state index contributed by atoms with van der Waals surface area (Å²) in [5.41, 5.74) is 0.511. The van der Waals surface area contributed by atoms with Gasteiger partial charge in [0, 0.05) is 45.5 Å². The van der Waals surface area contributed by atoms with E-state index in [4.69, 9.17) is 10.00 Å². The molecular weight excluding hydrogens is 318 g/mol. The molecule has 0 saturated carbocycles. The Balaban J connectivity index is 1.67. The monoisotopic (exact) mass is 337 g/mol. The van der Waals surface area contributed by atoms with Crippen molar-refractivity contribution >= 4 is 16.0 Å². The topological polar surface area (TPSA) is 89.8 Å². The largest absolute Gasteiger partial charge is 0.379 e. The summed E-state index contributed by atoms with van der Waals surface area (Å²) in [6.45, 7) is 3.52. The molecule has 0 amide bonds. The number of morpholine rings is 1. The first-order valence-electron chi connectivity index (χ1n) is 7.56. The number of hydrogen-bond acceptors (Lipinski definition) is 6. The van der Waals surface area contributed by atoms with Gasteiger partial charge in [-0.05, 0) is 12.1 Å². The van der Waals surface area contributed by atoms with Crippen LogP contribution in [0.15, 0.2) is 18.3 Å². The lowest BCUT2D eigenvalue weighted by Gasteiger charge is -2.38. The van der Waals surface area contributed by atoms with Gasteiger partial charge in [-0.2, -0.15) is 22.3 Å². The molecule has 1 aromatic heterocycles. The Morgan fingerprint density at radius 3 is 2.39 bits per heavy atom. The molecule has 0 atom stereocenters. The first-order chi connectivity index (χ1) is 11.1. The normalized spacial score (nSPS) is 21.1. The maximum Gasteiger partial charge on any atom is 0.282 e. The number of anilines is 1. The number of rotatable bonds is 3. The van der Waals surface area contributed by atoms with E-state index < -0.39 is 10.2 Å². The molecule has 2 aliphatic rings. The van der Waals surface area contributed by atoms with Gasteiger partial charge in [-0.1, -0.05) is 0 Å². The van der Waals surface area contributed by atoms with E-state index in [0.29, 0.717) is 63.9 Å². The highest BCUT2D eigenvalue weighted by Gasteiger charge is 2.33. The van der Waals surface area contributed by atoms with Crippen molar-refractivity contribution in [1.29, 1.82) is 5.26 Å². The van der Waals surface area contributed by atoms with Crippen LogP contribution in [0.3, 0.4) is 0 Å². The molecule has 0 unspecified atom stereocenters. The zero-order valence-corrected chi connectivity index (χ0v) is 13.6. The van der Waals surface area contributed by atoms with Gasteiger partial charge in [0.25, 0.3) is 10.2 Å². The van der Waals surface area contributed by atoms with Gasteiger partial charge in [-0.25, -0.2) is 4.98 Å². The zero-order valence-electron chi connectivity index (χ0n) is 12.8. The van der Waals surface area contributed by atoms with Gasteiger partial charge in [-0.15, -0.1) is 0 Å². The van der Waals surface area contributed by atoms with Crippen molar-refractivity contribution in [3.05, 3.63) is 23.9 Å². The van der Waals surface area contributed by atoms with E-state index in [1.54, 1.807) is 18.3 Å². The summed E-state index contributed by atoms with van der Waals surface area (Å²) >= 11 is 0. The van der Waals surface area contributed by atoms with Crippen LogP contribution < -0.4 is 4.90 Å². The molecule has 8 nitrogen and oxygen atoms in total. The third kappa shape index (κ3) is 3.30. The first-order valence-corrected chi connectivity index (χ1v) is 8.95. The summed E-state index contributed by atoms with van der Waals surface area (Å²) in [5.74, 6) is 0.624. The van der Waals surface area contributed by atoms with Gasteiger partial charge in [0.1, 0.15) is 11.9 Å². The van der Waals surface area contributed by atoms with Gasteiger partial charge in [0.2, 0.25) is 0 Å². The number of nitrogens with zero attached hydrogens (tertiary/aromatic N) is 5. The number of hydrogen-bond donors (Lipinski definition) is 0. The standard InChI is InChI=1S/C14H19N5O3S/c15-12-13-2-1-3-16-14(13)17-4-6-18(7-5-17)23(20,21)19-8-10-22-11-9-19/h1-3H,4-11H2. The van der Waals surface area contributed by atoms with Crippen LogP contribution in [0, 0.1) is 11.3 Å². The van der Waals surface area contributed by atoms with Gasteiger partial charge < -0.3 is 9.64 Å². The average molecular weight is 337 g/mol. The summed E-state index contributed by atoms with van der Waals surface area (Å²) < 4.78 is 33.4. The molecule has 124 valence electrons. The van der Waals surface area contributed by atoms with Crippen molar-refractivity contribution < 1.29 is 13.2 Å². The second-order valence-electron chi connectivity index (χ2n) is 5.39. The lowest BCUT2D eigenvalue weighted by atomic mass is 10.2. The number of pyridine rings is 1. The van der Waals surface area contributed by atoms with Crippen LogP contribution in [0.25, 0.3) is 0 Å². The Hall–Kier alpha value is -1.73. The molecule has 3 rings (SSSR count).